The number of rotatable bonds is 3. The van der Waals surface area contributed by atoms with E-state index in [9.17, 15) is 23.3 Å². The number of nitriles is 1. The lowest BCUT2D eigenvalue weighted by molar-refractivity contribution is -0.385. The Morgan fingerprint density at radius 3 is 2.59 bits per heavy atom. The number of nitrogens with zero attached hydrogens (tertiary/aromatic N) is 4. The van der Waals surface area contributed by atoms with Gasteiger partial charge in [-0.1, -0.05) is 0 Å². The van der Waals surface area contributed by atoms with Gasteiger partial charge in [0.05, 0.1) is 10.6 Å². The number of nitro benzene ring substituents is 1. The predicted molar refractivity (Wildman–Crippen MR) is 68.5 cm³/mol. The Bertz CT molecular complexity index is 803. The molecule has 0 aliphatic rings. The molecule has 1 aromatic heterocycles. The molecule has 2 rings (SSSR count). The minimum Gasteiger partial charge on any atom is -0.258 e. The average molecular weight is 308 g/mol. The van der Waals surface area contributed by atoms with Crippen LogP contribution in [0.1, 0.15) is 23.2 Å². The Kier molecular flexibility index (Phi) is 4.03. The van der Waals surface area contributed by atoms with E-state index in [1.165, 1.54) is 13.0 Å². The minimum atomic E-state index is -2.89. The molecule has 0 radical (unpaired) electrons. The van der Waals surface area contributed by atoms with Crippen LogP contribution < -0.4 is 0 Å². The van der Waals surface area contributed by atoms with Crippen LogP contribution in [0.3, 0.4) is 0 Å². The van der Waals surface area contributed by atoms with Crippen LogP contribution in [0, 0.1) is 34.2 Å². The first-order valence-electron chi connectivity index (χ1n) is 5.84. The Balaban J connectivity index is 2.74. The van der Waals surface area contributed by atoms with E-state index in [1.54, 1.807) is 0 Å². The van der Waals surface area contributed by atoms with Crippen LogP contribution >= 0.6 is 0 Å². The molecule has 2 aromatic rings. The van der Waals surface area contributed by atoms with Gasteiger partial charge in [-0.3, -0.25) is 10.1 Å². The minimum absolute atomic E-state index is 0.0876. The number of hydrogen-bond acceptors (Lipinski definition) is 5. The SMILES string of the molecule is Cc1c(-c2cc([N+](=O)[O-])c(C#N)cc2F)ncnc1C(F)F. The maximum atomic E-state index is 14.1. The molecule has 0 atom stereocenters. The van der Waals surface area contributed by atoms with E-state index in [-0.39, 0.29) is 16.8 Å². The van der Waals surface area contributed by atoms with Crippen molar-refractivity contribution in [3.63, 3.8) is 0 Å². The summed E-state index contributed by atoms with van der Waals surface area (Å²) in [6.45, 7) is 1.26. The van der Waals surface area contributed by atoms with Crippen molar-refractivity contribution < 1.29 is 18.1 Å². The Morgan fingerprint density at radius 2 is 2.05 bits per heavy atom. The maximum Gasteiger partial charge on any atom is 0.287 e. The molecule has 9 heteroatoms. The molecule has 0 fully saturated rings. The van der Waals surface area contributed by atoms with Gasteiger partial charge in [0.15, 0.2) is 0 Å². The van der Waals surface area contributed by atoms with Gasteiger partial charge in [-0.2, -0.15) is 5.26 Å². The van der Waals surface area contributed by atoms with E-state index >= 15 is 0 Å². The molecule has 0 unspecified atom stereocenters. The number of halogens is 3. The second-order valence-electron chi connectivity index (χ2n) is 4.25. The first kappa shape index (κ1) is 15.4. The normalized spacial score (nSPS) is 10.5. The Morgan fingerprint density at radius 1 is 1.36 bits per heavy atom. The number of benzene rings is 1. The highest BCUT2D eigenvalue weighted by molar-refractivity contribution is 5.69. The topological polar surface area (TPSA) is 92.7 Å². The van der Waals surface area contributed by atoms with Crippen LogP contribution in [0.5, 0.6) is 0 Å². The van der Waals surface area contributed by atoms with Crippen molar-refractivity contribution in [3.8, 4) is 17.3 Å². The summed E-state index contributed by atoms with van der Waals surface area (Å²) in [5.74, 6) is -0.968. The molecule has 6 nitrogen and oxygen atoms in total. The molecule has 1 heterocycles. The Hall–Kier alpha value is -3.02. The van der Waals surface area contributed by atoms with Crippen LogP contribution in [-0.4, -0.2) is 14.9 Å². The van der Waals surface area contributed by atoms with E-state index in [0.717, 1.165) is 12.4 Å². The monoisotopic (exact) mass is 308 g/mol. The lowest BCUT2D eigenvalue weighted by Gasteiger charge is -2.10. The third kappa shape index (κ3) is 2.58. The highest BCUT2D eigenvalue weighted by Crippen LogP contribution is 2.32. The van der Waals surface area contributed by atoms with Gasteiger partial charge < -0.3 is 0 Å². The molecular weight excluding hydrogens is 301 g/mol. The number of alkyl halides is 2. The molecular formula is C13H7F3N4O2. The standard InChI is InChI=1S/C13H7F3N4O2/c1-6-11(18-5-19-12(6)13(15)16)8-3-10(20(21)22)7(4-17)2-9(8)14/h2-3,5,13H,1H3. The summed E-state index contributed by atoms with van der Waals surface area (Å²) in [6, 6.07) is 2.99. The number of aromatic nitrogens is 2. The van der Waals surface area contributed by atoms with Gasteiger partial charge >= 0.3 is 0 Å². The lowest BCUT2D eigenvalue weighted by atomic mass is 10.0. The van der Waals surface area contributed by atoms with Gasteiger partial charge in [0, 0.05) is 17.2 Å². The van der Waals surface area contributed by atoms with E-state index < -0.39 is 34.1 Å². The molecule has 0 spiro atoms. The summed E-state index contributed by atoms with van der Waals surface area (Å²) in [7, 11) is 0. The van der Waals surface area contributed by atoms with Gasteiger partial charge in [0.1, 0.15) is 29.5 Å². The summed E-state index contributed by atoms with van der Waals surface area (Å²) in [6.07, 6.45) is -2.06. The van der Waals surface area contributed by atoms with E-state index in [1.807, 2.05) is 0 Å². The molecule has 112 valence electrons. The molecule has 0 saturated heterocycles. The fraction of sp³-hybridized carbons (Fsp3) is 0.154. The molecule has 0 bridgehead atoms. The smallest absolute Gasteiger partial charge is 0.258 e. The fourth-order valence-corrected chi connectivity index (χ4v) is 1.94. The number of nitro groups is 1. The fourth-order valence-electron chi connectivity index (χ4n) is 1.94. The van der Waals surface area contributed by atoms with Gasteiger partial charge in [0.2, 0.25) is 0 Å². The maximum absolute atomic E-state index is 14.1. The van der Waals surface area contributed by atoms with Crippen LogP contribution in [0.25, 0.3) is 11.3 Å². The molecule has 0 N–H and O–H groups in total. The van der Waals surface area contributed by atoms with Crippen molar-refractivity contribution in [2.24, 2.45) is 0 Å². The molecule has 0 aliphatic heterocycles. The van der Waals surface area contributed by atoms with Crippen LogP contribution in [0.4, 0.5) is 18.9 Å². The quantitative estimate of drug-likeness (QED) is 0.640. The van der Waals surface area contributed by atoms with Gasteiger partial charge in [0.25, 0.3) is 12.1 Å². The van der Waals surface area contributed by atoms with Crippen molar-refractivity contribution in [2.45, 2.75) is 13.3 Å². The summed E-state index contributed by atoms with van der Waals surface area (Å²) >= 11 is 0. The van der Waals surface area contributed by atoms with Gasteiger partial charge in [-0.25, -0.2) is 23.1 Å². The lowest BCUT2D eigenvalue weighted by Crippen LogP contribution is -2.02. The van der Waals surface area contributed by atoms with Crippen molar-refractivity contribution in [1.29, 1.82) is 5.26 Å². The van der Waals surface area contributed by atoms with Gasteiger partial charge in [-0.15, -0.1) is 0 Å². The first-order valence-corrected chi connectivity index (χ1v) is 5.84. The van der Waals surface area contributed by atoms with Gasteiger partial charge in [-0.05, 0) is 13.0 Å². The molecule has 0 amide bonds. The molecule has 22 heavy (non-hydrogen) atoms. The van der Waals surface area contributed by atoms with Crippen molar-refractivity contribution >= 4 is 5.69 Å². The van der Waals surface area contributed by atoms with Crippen molar-refractivity contribution in [1.82, 2.24) is 9.97 Å². The Labute approximate surface area is 122 Å². The largest absolute Gasteiger partial charge is 0.287 e. The second kappa shape index (κ2) is 5.77. The zero-order valence-corrected chi connectivity index (χ0v) is 11.0. The third-order valence-electron chi connectivity index (χ3n) is 2.99. The zero-order valence-electron chi connectivity index (χ0n) is 11.0. The zero-order chi connectivity index (χ0) is 16.4. The molecule has 0 saturated carbocycles. The van der Waals surface area contributed by atoms with E-state index in [2.05, 4.69) is 9.97 Å². The highest BCUT2D eigenvalue weighted by atomic mass is 19.3. The third-order valence-corrected chi connectivity index (χ3v) is 2.99. The van der Waals surface area contributed by atoms with Crippen LogP contribution in [0.2, 0.25) is 0 Å². The molecule has 1 aromatic carbocycles. The predicted octanol–water partition coefficient (Wildman–Crippen LogP) is 3.31. The van der Waals surface area contributed by atoms with E-state index in [4.69, 9.17) is 5.26 Å². The van der Waals surface area contributed by atoms with Crippen molar-refractivity contribution in [3.05, 3.63) is 51.2 Å². The number of hydrogen-bond donors (Lipinski definition) is 0. The van der Waals surface area contributed by atoms with Crippen molar-refractivity contribution in [2.75, 3.05) is 0 Å². The summed E-state index contributed by atoms with van der Waals surface area (Å²) in [5.41, 5.74) is -2.29. The van der Waals surface area contributed by atoms with Crippen LogP contribution in [-0.2, 0) is 0 Å². The first-order chi connectivity index (χ1) is 10.4. The summed E-state index contributed by atoms with van der Waals surface area (Å²) in [5, 5.41) is 19.7. The summed E-state index contributed by atoms with van der Waals surface area (Å²) in [4.78, 5) is 17.2. The molecule has 0 aliphatic carbocycles. The second-order valence-corrected chi connectivity index (χ2v) is 4.25. The highest BCUT2D eigenvalue weighted by Gasteiger charge is 2.23. The average Bonchev–Trinajstić information content (AvgIpc) is 2.46. The van der Waals surface area contributed by atoms with E-state index in [0.29, 0.717) is 6.07 Å². The summed E-state index contributed by atoms with van der Waals surface area (Å²) < 4.78 is 39.7. The van der Waals surface area contributed by atoms with Crippen LogP contribution in [0.15, 0.2) is 18.5 Å².